The summed E-state index contributed by atoms with van der Waals surface area (Å²) in [5.74, 6) is 0.467. The molecule has 0 bridgehead atoms. The number of nitrogens with one attached hydrogen (secondary N) is 2. The van der Waals surface area contributed by atoms with Crippen LogP contribution in [0.2, 0.25) is 0 Å². The van der Waals surface area contributed by atoms with Gasteiger partial charge in [0.2, 0.25) is 0 Å². The number of hydrogen-bond donors (Lipinski definition) is 2. The molecule has 0 unspecified atom stereocenters. The molecule has 0 saturated heterocycles. The Bertz CT molecular complexity index is 1040. The van der Waals surface area contributed by atoms with Crippen molar-refractivity contribution in [3.05, 3.63) is 59.7 Å². The van der Waals surface area contributed by atoms with Gasteiger partial charge < -0.3 is 20.1 Å². The summed E-state index contributed by atoms with van der Waals surface area (Å²) in [4.78, 5) is 29.5. The molecule has 2 aromatic carbocycles. The summed E-state index contributed by atoms with van der Waals surface area (Å²) in [5.41, 5.74) is 1.70. The Morgan fingerprint density at radius 1 is 0.968 bits per heavy atom. The number of aromatic nitrogens is 1. The first kappa shape index (κ1) is 22.3. The molecule has 162 valence electrons. The maximum atomic E-state index is 12.2. The van der Waals surface area contributed by atoms with Crippen molar-refractivity contribution in [1.82, 2.24) is 4.98 Å². The number of amides is 2. The van der Waals surface area contributed by atoms with Crippen molar-refractivity contribution in [3.63, 3.8) is 0 Å². The highest BCUT2D eigenvalue weighted by Gasteiger charge is 2.30. The monoisotopic (exact) mass is 439 g/mol. The normalized spacial score (nSPS) is 11.0. The molecule has 0 aliphatic rings. The molecule has 3 rings (SSSR count). The fourth-order valence-corrected chi connectivity index (χ4v) is 4.09. The van der Waals surface area contributed by atoms with Crippen LogP contribution in [0, 0.1) is 5.41 Å². The van der Waals surface area contributed by atoms with E-state index in [1.54, 1.807) is 37.6 Å². The molecule has 0 fully saturated rings. The lowest BCUT2D eigenvalue weighted by molar-refractivity contribution is -0.150. The van der Waals surface area contributed by atoms with Crippen molar-refractivity contribution < 1.29 is 19.1 Å². The minimum absolute atomic E-state index is 0.257. The summed E-state index contributed by atoms with van der Waals surface area (Å²) < 4.78 is 9.97. The fourth-order valence-electron chi connectivity index (χ4n) is 2.94. The number of carbonyl (C=O) groups excluding carboxylic acids is 2. The summed E-state index contributed by atoms with van der Waals surface area (Å²) in [7, 11) is 2.99. The van der Waals surface area contributed by atoms with Crippen LogP contribution in [0.4, 0.5) is 16.2 Å². The van der Waals surface area contributed by atoms with Gasteiger partial charge in [0.1, 0.15) is 5.75 Å². The van der Waals surface area contributed by atoms with Crippen molar-refractivity contribution in [2.45, 2.75) is 20.3 Å². The molecule has 31 heavy (non-hydrogen) atoms. The number of esters is 1. The van der Waals surface area contributed by atoms with Gasteiger partial charge in [-0.1, -0.05) is 12.1 Å². The minimum Gasteiger partial charge on any atom is -0.497 e. The van der Waals surface area contributed by atoms with Crippen molar-refractivity contribution in [1.29, 1.82) is 0 Å². The van der Waals surface area contributed by atoms with Crippen LogP contribution in [0.15, 0.2) is 54.7 Å². The number of methoxy groups -OCH3 is 2. The Kier molecular flexibility index (Phi) is 6.91. The molecule has 3 aromatic rings. The number of urea groups is 1. The minimum atomic E-state index is -0.630. The van der Waals surface area contributed by atoms with Crippen molar-refractivity contribution >= 4 is 34.7 Å². The second kappa shape index (κ2) is 9.61. The van der Waals surface area contributed by atoms with E-state index in [0.29, 0.717) is 17.8 Å². The van der Waals surface area contributed by atoms with Gasteiger partial charge >= 0.3 is 12.0 Å². The van der Waals surface area contributed by atoms with E-state index in [-0.39, 0.29) is 12.0 Å². The van der Waals surface area contributed by atoms with Gasteiger partial charge in [0, 0.05) is 24.0 Å². The third-order valence-corrected chi connectivity index (χ3v) is 5.71. The SMILES string of the molecule is COC(=O)C(C)(C)Cc1ncc(-c2ccc(NC(=O)Nc3ccc(OC)cc3)cc2)s1. The second-order valence-corrected chi connectivity index (χ2v) is 8.67. The van der Waals surface area contributed by atoms with Crippen molar-refractivity contribution in [2.24, 2.45) is 5.41 Å². The van der Waals surface area contributed by atoms with Gasteiger partial charge in [-0.2, -0.15) is 0 Å². The molecule has 1 heterocycles. The lowest BCUT2D eigenvalue weighted by Gasteiger charge is -2.19. The van der Waals surface area contributed by atoms with Crippen molar-refractivity contribution in [2.75, 3.05) is 24.9 Å². The molecule has 2 amide bonds. The van der Waals surface area contributed by atoms with Crippen LogP contribution in [-0.4, -0.2) is 31.2 Å². The summed E-state index contributed by atoms with van der Waals surface area (Å²) >= 11 is 1.54. The number of benzene rings is 2. The Morgan fingerprint density at radius 2 is 1.55 bits per heavy atom. The molecule has 0 saturated carbocycles. The van der Waals surface area contributed by atoms with Gasteiger partial charge in [0.25, 0.3) is 0 Å². The number of nitrogens with zero attached hydrogens (tertiary/aromatic N) is 1. The Hall–Kier alpha value is -3.39. The maximum Gasteiger partial charge on any atom is 0.323 e. The molecular formula is C23H25N3O4S. The predicted octanol–water partition coefficient (Wildman–Crippen LogP) is 5.20. The molecule has 0 aliphatic heterocycles. The van der Waals surface area contributed by atoms with Gasteiger partial charge in [-0.25, -0.2) is 9.78 Å². The smallest absolute Gasteiger partial charge is 0.323 e. The first-order chi connectivity index (χ1) is 14.8. The van der Waals surface area contributed by atoms with Crippen LogP contribution in [-0.2, 0) is 16.0 Å². The Morgan fingerprint density at radius 3 is 2.10 bits per heavy atom. The summed E-state index contributed by atoms with van der Waals surface area (Å²) in [6.07, 6.45) is 2.31. The highest BCUT2D eigenvalue weighted by Crippen LogP contribution is 2.31. The molecule has 0 atom stereocenters. The van der Waals surface area contributed by atoms with E-state index in [9.17, 15) is 9.59 Å². The third-order valence-electron chi connectivity index (χ3n) is 4.66. The number of hydrogen-bond acceptors (Lipinski definition) is 6. The van der Waals surface area contributed by atoms with Gasteiger partial charge in [-0.05, 0) is 55.8 Å². The number of rotatable bonds is 7. The highest BCUT2D eigenvalue weighted by atomic mass is 32.1. The summed E-state index contributed by atoms with van der Waals surface area (Å²) in [6, 6.07) is 14.3. The second-order valence-electron chi connectivity index (χ2n) is 7.56. The molecule has 0 aliphatic carbocycles. The average Bonchev–Trinajstić information content (AvgIpc) is 3.21. The fraction of sp³-hybridized carbons (Fsp3) is 0.261. The maximum absolute atomic E-state index is 12.2. The molecule has 8 heteroatoms. The van der Waals surface area contributed by atoms with E-state index in [1.165, 1.54) is 18.4 Å². The third kappa shape index (κ3) is 5.82. The van der Waals surface area contributed by atoms with E-state index >= 15 is 0 Å². The van der Waals surface area contributed by atoms with E-state index in [2.05, 4.69) is 15.6 Å². The molecule has 2 N–H and O–H groups in total. The van der Waals surface area contributed by atoms with Crippen LogP contribution in [0.1, 0.15) is 18.9 Å². The standard InChI is InChI=1S/C23H25N3O4S/c1-23(2,21(27)30-4)13-20-24-14-19(31-20)15-5-7-16(8-6-15)25-22(28)26-17-9-11-18(29-3)12-10-17/h5-12,14H,13H2,1-4H3,(H2,25,26,28). The number of carbonyl (C=O) groups is 2. The van der Waals surface area contributed by atoms with Crippen LogP contribution in [0.5, 0.6) is 5.75 Å². The van der Waals surface area contributed by atoms with E-state index in [0.717, 1.165) is 21.2 Å². The lowest BCUT2D eigenvalue weighted by atomic mass is 9.90. The highest BCUT2D eigenvalue weighted by molar-refractivity contribution is 7.15. The molecular weight excluding hydrogens is 414 g/mol. The summed E-state index contributed by atoms with van der Waals surface area (Å²) in [5, 5.41) is 6.45. The van der Waals surface area contributed by atoms with Gasteiger partial charge in [-0.15, -0.1) is 11.3 Å². The predicted molar refractivity (Wildman–Crippen MR) is 123 cm³/mol. The van der Waals surface area contributed by atoms with Gasteiger partial charge in [0.05, 0.1) is 29.5 Å². The number of thiazole rings is 1. The van der Waals surface area contributed by atoms with E-state index in [4.69, 9.17) is 9.47 Å². The number of anilines is 2. The molecule has 0 radical (unpaired) electrons. The van der Waals surface area contributed by atoms with Crippen LogP contribution in [0.25, 0.3) is 10.4 Å². The Balaban J connectivity index is 1.60. The van der Waals surface area contributed by atoms with E-state index in [1.807, 2.05) is 38.1 Å². The average molecular weight is 440 g/mol. The van der Waals surface area contributed by atoms with Crippen molar-refractivity contribution in [3.8, 4) is 16.2 Å². The van der Waals surface area contributed by atoms with Crippen LogP contribution < -0.4 is 15.4 Å². The lowest BCUT2D eigenvalue weighted by Crippen LogP contribution is -2.27. The topological polar surface area (TPSA) is 89.5 Å². The zero-order chi connectivity index (χ0) is 22.4. The quantitative estimate of drug-likeness (QED) is 0.494. The molecule has 0 spiro atoms. The molecule has 1 aromatic heterocycles. The largest absolute Gasteiger partial charge is 0.497 e. The van der Waals surface area contributed by atoms with Crippen LogP contribution in [0.3, 0.4) is 0 Å². The zero-order valence-electron chi connectivity index (χ0n) is 17.9. The van der Waals surface area contributed by atoms with Gasteiger partial charge in [0.15, 0.2) is 0 Å². The zero-order valence-corrected chi connectivity index (χ0v) is 18.7. The van der Waals surface area contributed by atoms with E-state index < -0.39 is 5.41 Å². The van der Waals surface area contributed by atoms with Crippen LogP contribution >= 0.6 is 11.3 Å². The summed E-state index contributed by atoms with van der Waals surface area (Å²) in [6.45, 7) is 3.69. The Labute approximate surface area is 185 Å². The first-order valence-corrected chi connectivity index (χ1v) is 10.5. The number of ether oxygens (including phenoxy) is 2. The first-order valence-electron chi connectivity index (χ1n) is 9.66. The van der Waals surface area contributed by atoms with Gasteiger partial charge in [-0.3, -0.25) is 4.79 Å². The molecule has 7 nitrogen and oxygen atoms in total.